The van der Waals surface area contributed by atoms with Crippen molar-refractivity contribution in [2.75, 3.05) is 6.54 Å². The maximum atomic E-state index is 5.86. The maximum Gasteiger partial charge on any atom is 0.123 e. The van der Waals surface area contributed by atoms with Gasteiger partial charge >= 0.3 is 0 Å². The molecule has 4 heterocycles. The second kappa shape index (κ2) is 7.85. The molecule has 1 aliphatic heterocycles. The number of imidazole rings is 1. The molecule has 30 heavy (non-hydrogen) atoms. The van der Waals surface area contributed by atoms with Crippen LogP contribution < -0.4 is 11.1 Å². The molecular weight excluding hydrogens is 374 g/mol. The lowest BCUT2D eigenvalue weighted by Gasteiger charge is -2.07. The van der Waals surface area contributed by atoms with Gasteiger partial charge in [0, 0.05) is 23.0 Å². The van der Waals surface area contributed by atoms with Crippen LogP contribution in [0.4, 0.5) is 0 Å². The SMILES string of the molecule is C[C@H](N)c1ncc(-c2cnc(-c3ccc(-c4ccc([C@@H]5CCCN5)[nH]4)cc3)cn2)[nH]1. The summed E-state index contributed by atoms with van der Waals surface area (Å²) in [6, 6.07) is 13.0. The smallest absolute Gasteiger partial charge is 0.123 e. The molecule has 1 aromatic carbocycles. The first-order valence-corrected chi connectivity index (χ1v) is 10.3. The highest BCUT2D eigenvalue weighted by molar-refractivity contribution is 5.67. The summed E-state index contributed by atoms with van der Waals surface area (Å²) in [4.78, 5) is 20.1. The quantitative estimate of drug-likeness (QED) is 0.406. The number of aromatic amines is 2. The summed E-state index contributed by atoms with van der Waals surface area (Å²) in [5.74, 6) is 0.739. The molecular formula is C23H25N7. The summed E-state index contributed by atoms with van der Waals surface area (Å²) in [5, 5.41) is 3.53. The zero-order chi connectivity index (χ0) is 20.5. The van der Waals surface area contributed by atoms with Gasteiger partial charge < -0.3 is 21.0 Å². The van der Waals surface area contributed by atoms with Gasteiger partial charge in [-0.25, -0.2) is 4.98 Å². The van der Waals surface area contributed by atoms with Crippen molar-refractivity contribution in [3.05, 3.63) is 66.5 Å². The second-order valence-electron chi connectivity index (χ2n) is 7.81. The van der Waals surface area contributed by atoms with Crippen molar-refractivity contribution in [3.63, 3.8) is 0 Å². The highest BCUT2D eigenvalue weighted by Gasteiger charge is 2.17. The summed E-state index contributed by atoms with van der Waals surface area (Å²) in [6.07, 6.45) is 7.71. The van der Waals surface area contributed by atoms with E-state index in [4.69, 9.17) is 5.73 Å². The third-order valence-corrected chi connectivity index (χ3v) is 5.59. The molecule has 0 unspecified atom stereocenters. The topological polar surface area (TPSA) is 108 Å². The van der Waals surface area contributed by atoms with Gasteiger partial charge in [-0.15, -0.1) is 0 Å². The first kappa shape index (κ1) is 18.7. The third-order valence-electron chi connectivity index (χ3n) is 5.59. The number of H-pyrrole nitrogens is 2. The van der Waals surface area contributed by atoms with Crippen molar-refractivity contribution in [1.29, 1.82) is 0 Å². The zero-order valence-electron chi connectivity index (χ0n) is 16.9. The minimum atomic E-state index is -0.144. The Morgan fingerprint density at radius 1 is 0.867 bits per heavy atom. The van der Waals surface area contributed by atoms with Crippen LogP contribution in [0.25, 0.3) is 33.9 Å². The Kier molecular flexibility index (Phi) is 4.90. The van der Waals surface area contributed by atoms with Gasteiger partial charge in [-0.1, -0.05) is 24.3 Å². The number of nitrogens with zero attached hydrogens (tertiary/aromatic N) is 3. The van der Waals surface area contributed by atoms with E-state index in [0.29, 0.717) is 6.04 Å². The van der Waals surface area contributed by atoms with Crippen LogP contribution in [-0.4, -0.2) is 31.5 Å². The van der Waals surface area contributed by atoms with Crippen molar-refractivity contribution in [2.45, 2.75) is 31.8 Å². The first-order chi connectivity index (χ1) is 14.7. The van der Waals surface area contributed by atoms with E-state index in [0.717, 1.165) is 46.3 Å². The van der Waals surface area contributed by atoms with Crippen molar-refractivity contribution in [1.82, 2.24) is 30.2 Å². The van der Waals surface area contributed by atoms with Crippen molar-refractivity contribution < 1.29 is 0 Å². The zero-order valence-corrected chi connectivity index (χ0v) is 16.9. The van der Waals surface area contributed by atoms with Gasteiger partial charge in [0.05, 0.1) is 36.0 Å². The Bertz CT molecular complexity index is 1120. The highest BCUT2D eigenvalue weighted by Crippen LogP contribution is 2.28. The van der Waals surface area contributed by atoms with E-state index in [-0.39, 0.29) is 6.04 Å². The third kappa shape index (κ3) is 3.65. The number of rotatable bonds is 5. The van der Waals surface area contributed by atoms with Crippen LogP contribution in [0, 0.1) is 0 Å². The van der Waals surface area contributed by atoms with E-state index in [1.54, 1.807) is 18.6 Å². The Morgan fingerprint density at radius 3 is 2.30 bits per heavy atom. The molecule has 0 spiro atoms. The average molecular weight is 400 g/mol. The second-order valence-corrected chi connectivity index (χ2v) is 7.81. The van der Waals surface area contributed by atoms with Crippen LogP contribution in [0.1, 0.15) is 43.4 Å². The van der Waals surface area contributed by atoms with E-state index in [2.05, 4.69) is 66.6 Å². The Labute approximate surface area is 175 Å². The Balaban J connectivity index is 1.32. The fourth-order valence-electron chi connectivity index (χ4n) is 3.87. The molecule has 1 saturated heterocycles. The molecule has 3 aromatic heterocycles. The van der Waals surface area contributed by atoms with E-state index >= 15 is 0 Å². The lowest BCUT2D eigenvalue weighted by molar-refractivity contribution is 0.632. The first-order valence-electron chi connectivity index (χ1n) is 10.3. The van der Waals surface area contributed by atoms with Crippen molar-refractivity contribution in [3.8, 4) is 33.9 Å². The monoisotopic (exact) mass is 399 g/mol. The van der Waals surface area contributed by atoms with E-state index < -0.39 is 0 Å². The van der Waals surface area contributed by atoms with Crippen LogP contribution in [0.3, 0.4) is 0 Å². The number of hydrogen-bond acceptors (Lipinski definition) is 5. The maximum absolute atomic E-state index is 5.86. The molecule has 0 saturated carbocycles. The van der Waals surface area contributed by atoms with Gasteiger partial charge in [0.15, 0.2) is 0 Å². The molecule has 7 heteroatoms. The van der Waals surface area contributed by atoms with Gasteiger partial charge in [-0.3, -0.25) is 9.97 Å². The number of benzene rings is 1. The molecule has 7 nitrogen and oxygen atoms in total. The van der Waals surface area contributed by atoms with Crippen LogP contribution in [0.5, 0.6) is 0 Å². The molecule has 1 aliphatic rings. The lowest BCUT2D eigenvalue weighted by Crippen LogP contribution is -2.12. The van der Waals surface area contributed by atoms with Crippen LogP contribution >= 0.6 is 0 Å². The molecule has 0 aliphatic carbocycles. The molecule has 4 aromatic rings. The molecule has 5 N–H and O–H groups in total. The van der Waals surface area contributed by atoms with E-state index in [9.17, 15) is 0 Å². The van der Waals surface area contributed by atoms with Gasteiger partial charge in [0.1, 0.15) is 11.5 Å². The van der Waals surface area contributed by atoms with Gasteiger partial charge in [-0.2, -0.15) is 0 Å². The van der Waals surface area contributed by atoms with Crippen LogP contribution in [-0.2, 0) is 0 Å². The Hall–Kier alpha value is -3.29. The van der Waals surface area contributed by atoms with Crippen LogP contribution in [0.2, 0.25) is 0 Å². The molecule has 152 valence electrons. The normalized spacial score (nSPS) is 17.3. The highest BCUT2D eigenvalue weighted by atomic mass is 15.0. The van der Waals surface area contributed by atoms with Gasteiger partial charge in [0.2, 0.25) is 0 Å². The molecule has 5 rings (SSSR count). The van der Waals surface area contributed by atoms with Gasteiger partial charge in [0.25, 0.3) is 0 Å². The largest absolute Gasteiger partial charge is 0.357 e. The summed E-state index contributed by atoms with van der Waals surface area (Å²) in [7, 11) is 0. The van der Waals surface area contributed by atoms with E-state index in [1.807, 2.05) is 6.92 Å². The summed E-state index contributed by atoms with van der Waals surface area (Å²) < 4.78 is 0. The molecule has 0 bridgehead atoms. The predicted molar refractivity (Wildman–Crippen MR) is 117 cm³/mol. The average Bonchev–Trinajstić information content (AvgIpc) is 3.55. The van der Waals surface area contributed by atoms with Crippen molar-refractivity contribution >= 4 is 0 Å². The summed E-state index contributed by atoms with van der Waals surface area (Å²) >= 11 is 0. The predicted octanol–water partition coefficient (Wildman–Crippen LogP) is 3.97. The van der Waals surface area contributed by atoms with Gasteiger partial charge in [-0.05, 0) is 44.0 Å². The fraction of sp³-hybridized carbons (Fsp3) is 0.261. The lowest BCUT2D eigenvalue weighted by atomic mass is 10.1. The molecule has 1 fully saturated rings. The Morgan fingerprint density at radius 2 is 1.63 bits per heavy atom. The van der Waals surface area contributed by atoms with Crippen molar-refractivity contribution in [2.24, 2.45) is 5.73 Å². The number of nitrogens with two attached hydrogens (primary N) is 1. The summed E-state index contributed by atoms with van der Waals surface area (Å²) in [6.45, 7) is 2.99. The molecule has 0 amide bonds. The minimum absolute atomic E-state index is 0.144. The number of nitrogens with one attached hydrogen (secondary N) is 3. The standard InChI is InChI=1S/C23H25N7/c1-14(24)23-28-13-22(30-23)21-12-26-20(11-27-21)16-6-4-15(5-7-16)17-8-9-19(29-17)18-3-2-10-25-18/h4-9,11-14,18,25,29H,2-3,10,24H2,1H3,(H,28,30)/t14-,18-/m0/s1. The van der Waals surface area contributed by atoms with E-state index in [1.165, 1.54) is 18.5 Å². The summed E-state index contributed by atoms with van der Waals surface area (Å²) in [5.41, 5.74) is 12.8. The van der Waals surface area contributed by atoms with Crippen LogP contribution in [0.15, 0.2) is 55.0 Å². The number of aromatic nitrogens is 5. The number of hydrogen-bond donors (Lipinski definition) is 4. The molecule has 0 radical (unpaired) electrons. The molecule has 2 atom stereocenters. The minimum Gasteiger partial charge on any atom is -0.357 e. The fourth-order valence-corrected chi connectivity index (χ4v) is 3.87.